The Balaban J connectivity index is 1.69. The molecular formula is C14H15N3O2. The molecule has 1 amide bonds. The van der Waals surface area contributed by atoms with E-state index in [1.54, 1.807) is 0 Å². The van der Waals surface area contributed by atoms with Crippen molar-refractivity contribution in [3.63, 3.8) is 0 Å². The van der Waals surface area contributed by atoms with Gasteiger partial charge in [0.25, 0.3) is 0 Å². The van der Waals surface area contributed by atoms with E-state index in [1.165, 1.54) is 17.4 Å². The van der Waals surface area contributed by atoms with Crippen LogP contribution in [0.25, 0.3) is 0 Å². The van der Waals surface area contributed by atoms with Crippen molar-refractivity contribution in [3.8, 4) is 0 Å². The Labute approximate surface area is 111 Å². The summed E-state index contributed by atoms with van der Waals surface area (Å²) in [5, 5.41) is 5.90. The van der Waals surface area contributed by atoms with Crippen molar-refractivity contribution in [2.75, 3.05) is 5.32 Å². The van der Waals surface area contributed by atoms with Gasteiger partial charge in [-0.1, -0.05) is 24.3 Å². The van der Waals surface area contributed by atoms with Crippen LogP contribution in [0, 0.1) is 6.92 Å². The molecule has 0 radical (unpaired) electrons. The van der Waals surface area contributed by atoms with Gasteiger partial charge >= 0.3 is 6.01 Å². The van der Waals surface area contributed by atoms with Crippen LogP contribution in [0.15, 0.2) is 34.9 Å². The number of anilines is 1. The van der Waals surface area contributed by atoms with E-state index >= 15 is 0 Å². The number of aryl methyl sites for hydroxylation is 1. The molecule has 0 saturated carbocycles. The lowest BCUT2D eigenvalue weighted by atomic mass is 9.95. The van der Waals surface area contributed by atoms with Crippen LogP contribution in [0.4, 0.5) is 6.01 Å². The Morgan fingerprint density at radius 1 is 1.42 bits per heavy atom. The molecule has 2 heterocycles. The van der Waals surface area contributed by atoms with E-state index in [9.17, 15) is 4.79 Å². The summed E-state index contributed by atoms with van der Waals surface area (Å²) in [7, 11) is 0. The molecule has 2 aromatic rings. The molecule has 1 aliphatic heterocycles. The van der Waals surface area contributed by atoms with Crippen LogP contribution >= 0.6 is 0 Å². The molecule has 0 bridgehead atoms. The molecule has 1 aromatic carbocycles. The van der Waals surface area contributed by atoms with Crippen molar-refractivity contribution in [2.45, 2.75) is 25.9 Å². The summed E-state index contributed by atoms with van der Waals surface area (Å²) in [6.45, 7) is 2.52. The van der Waals surface area contributed by atoms with Gasteiger partial charge in [0.05, 0.1) is 11.7 Å². The predicted octanol–water partition coefficient (Wildman–Crippen LogP) is 1.64. The zero-order chi connectivity index (χ0) is 13.2. The summed E-state index contributed by atoms with van der Waals surface area (Å²) in [6, 6.07) is 8.15. The first-order chi connectivity index (χ1) is 9.22. The molecular weight excluding hydrogens is 242 g/mol. The highest BCUT2D eigenvalue weighted by atomic mass is 16.4. The second kappa shape index (κ2) is 4.85. The number of amides is 1. The highest BCUT2D eigenvalue weighted by molar-refractivity contribution is 5.93. The van der Waals surface area contributed by atoms with E-state index in [2.05, 4.69) is 27.8 Å². The van der Waals surface area contributed by atoms with E-state index in [-0.39, 0.29) is 18.0 Å². The van der Waals surface area contributed by atoms with Crippen LogP contribution in [0.1, 0.15) is 16.8 Å². The lowest BCUT2D eigenvalue weighted by molar-refractivity contribution is -0.118. The van der Waals surface area contributed by atoms with Crippen LogP contribution in [0.5, 0.6) is 0 Å². The summed E-state index contributed by atoms with van der Waals surface area (Å²) in [4.78, 5) is 16.2. The van der Waals surface area contributed by atoms with Crippen LogP contribution in [-0.4, -0.2) is 16.9 Å². The fourth-order valence-corrected chi connectivity index (χ4v) is 2.24. The summed E-state index contributed by atoms with van der Waals surface area (Å²) in [6.07, 6.45) is 2.20. The average molecular weight is 257 g/mol. The van der Waals surface area contributed by atoms with Gasteiger partial charge in [0.2, 0.25) is 5.91 Å². The van der Waals surface area contributed by atoms with Gasteiger partial charge in [-0.15, -0.1) is 0 Å². The molecule has 0 unspecified atom stereocenters. The number of nitrogens with one attached hydrogen (secondary N) is 2. The highest BCUT2D eigenvalue weighted by Crippen LogP contribution is 2.17. The smallest absolute Gasteiger partial charge is 0.301 e. The molecule has 1 aromatic heterocycles. The molecule has 2 N–H and O–H groups in total. The summed E-state index contributed by atoms with van der Waals surface area (Å²) in [5.74, 6) is -0.114. The van der Waals surface area contributed by atoms with Crippen molar-refractivity contribution < 1.29 is 9.21 Å². The first-order valence-electron chi connectivity index (χ1n) is 6.25. The van der Waals surface area contributed by atoms with Gasteiger partial charge in [-0.25, -0.2) is 0 Å². The lowest BCUT2D eigenvalue weighted by Gasteiger charge is -2.24. The number of nitrogens with zero attached hydrogens (tertiary/aromatic N) is 1. The summed E-state index contributed by atoms with van der Waals surface area (Å²) < 4.78 is 5.12. The van der Waals surface area contributed by atoms with Crippen molar-refractivity contribution in [3.05, 3.63) is 47.3 Å². The maximum atomic E-state index is 12.1. The second-order valence-electron chi connectivity index (χ2n) is 4.69. The first-order valence-corrected chi connectivity index (χ1v) is 6.25. The molecule has 1 atom stereocenters. The lowest BCUT2D eigenvalue weighted by Crippen LogP contribution is -2.44. The van der Waals surface area contributed by atoms with E-state index in [1.807, 2.05) is 19.1 Å². The Morgan fingerprint density at radius 3 is 2.95 bits per heavy atom. The Morgan fingerprint density at radius 2 is 2.21 bits per heavy atom. The second-order valence-corrected chi connectivity index (χ2v) is 4.69. The number of oxazole rings is 1. The molecule has 5 heteroatoms. The van der Waals surface area contributed by atoms with Gasteiger partial charge in [-0.3, -0.25) is 10.1 Å². The van der Waals surface area contributed by atoms with E-state index in [0.717, 1.165) is 5.69 Å². The SMILES string of the molecule is Cc1coc(NC(=O)[C@H]2Cc3ccccc3CN2)n1. The van der Waals surface area contributed by atoms with Crippen molar-refractivity contribution >= 4 is 11.9 Å². The average Bonchev–Trinajstić information content (AvgIpc) is 2.83. The van der Waals surface area contributed by atoms with Crippen LogP contribution in [0.2, 0.25) is 0 Å². The third-order valence-electron chi connectivity index (χ3n) is 3.25. The zero-order valence-electron chi connectivity index (χ0n) is 10.6. The number of fused-ring (bicyclic) bond motifs is 1. The van der Waals surface area contributed by atoms with Crippen LogP contribution in [0.3, 0.4) is 0 Å². The fraction of sp³-hybridized carbons (Fsp3) is 0.286. The van der Waals surface area contributed by atoms with Gasteiger partial charge < -0.3 is 9.73 Å². The summed E-state index contributed by atoms with van der Waals surface area (Å²) >= 11 is 0. The van der Waals surface area contributed by atoms with Gasteiger partial charge in [0, 0.05) is 6.54 Å². The normalized spacial score (nSPS) is 17.8. The number of aromatic nitrogens is 1. The number of carbonyl (C=O) groups excluding carboxylic acids is 1. The largest absolute Gasteiger partial charge is 0.432 e. The minimum absolute atomic E-state index is 0.114. The van der Waals surface area contributed by atoms with Gasteiger partial charge in [0.15, 0.2) is 0 Å². The molecule has 19 heavy (non-hydrogen) atoms. The minimum atomic E-state index is -0.248. The van der Waals surface area contributed by atoms with Crippen molar-refractivity contribution in [2.24, 2.45) is 0 Å². The number of rotatable bonds is 2. The maximum Gasteiger partial charge on any atom is 0.301 e. The number of benzene rings is 1. The van der Waals surface area contributed by atoms with Gasteiger partial charge in [0.1, 0.15) is 6.26 Å². The number of hydrogen-bond acceptors (Lipinski definition) is 4. The molecule has 0 fully saturated rings. The van der Waals surface area contributed by atoms with Crippen LogP contribution in [-0.2, 0) is 17.8 Å². The number of hydrogen-bond donors (Lipinski definition) is 2. The topological polar surface area (TPSA) is 67.2 Å². The fourth-order valence-electron chi connectivity index (χ4n) is 2.24. The third kappa shape index (κ3) is 2.51. The molecule has 1 aliphatic rings. The zero-order valence-corrected chi connectivity index (χ0v) is 10.6. The van der Waals surface area contributed by atoms with Crippen LogP contribution < -0.4 is 10.6 Å². The van der Waals surface area contributed by atoms with E-state index in [4.69, 9.17) is 4.42 Å². The predicted molar refractivity (Wildman–Crippen MR) is 70.6 cm³/mol. The quantitative estimate of drug-likeness (QED) is 0.858. The van der Waals surface area contributed by atoms with Crippen molar-refractivity contribution in [1.82, 2.24) is 10.3 Å². The molecule has 0 spiro atoms. The maximum absolute atomic E-state index is 12.1. The number of carbonyl (C=O) groups is 1. The Kier molecular flexibility index (Phi) is 3.05. The van der Waals surface area contributed by atoms with E-state index < -0.39 is 0 Å². The van der Waals surface area contributed by atoms with Gasteiger partial charge in [-0.05, 0) is 24.5 Å². The summed E-state index contributed by atoms with van der Waals surface area (Å²) in [5.41, 5.74) is 3.21. The standard InChI is InChI=1S/C14H15N3O2/c1-9-8-19-14(16-9)17-13(18)12-6-10-4-2-3-5-11(10)7-15-12/h2-5,8,12,15H,6-7H2,1H3,(H,16,17,18)/t12-/m1/s1. The molecule has 5 nitrogen and oxygen atoms in total. The molecule has 3 rings (SSSR count). The molecule has 0 saturated heterocycles. The van der Waals surface area contributed by atoms with Gasteiger partial charge in [-0.2, -0.15) is 4.98 Å². The third-order valence-corrected chi connectivity index (χ3v) is 3.25. The molecule has 0 aliphatic carbocycles. The Bertz CT molecular complexity index is 606. The Hall–Kier alpha value is -2.14. The highest BCUT2D eigenvalue weighted by Gasteiger charge is 2.24. The monoisotopic (exact) mass is 257 g/mol. The molecule has 98 valence electrons. The van der Waals surface area contributed by atoms with Crippen molar-refractivity contribution in [1.29, 1.82) is 0 Å². The minimum Gasteiger partial charge on any atom is -0.432 e. The van der Waals surface area contributed by atoms with E-state index in [0.29, 0.717) is 13.0 Å². The first kappa shape index (κ1) is 11.9.